The Morgan fingerprint density at radius 3 is 2.64 bits per heavy atom. The fourth-order valence-electron chi connectivity index (χ4n) is 0.932. The summed E-state index contributed by atoms with van der Waals surface area (Å²) in [7, 11) is 0. The highest BCUT2D eigenvalue weighted by Crippen LogP contribution is 2.12. The number of rotatable bonds is 1. The van der Waals surface area contributed by atoms with Gasteiger partial charge in [-0.3, -0.25) is 10.2 Å². The van der Waals surface area contributed by atoms with Crippen LogP contribution in [0.3, 0.4) is 0 Å². The van der Waals surface area contributed by atoms with Gasteiger partial charge in [0.1, 0.15) is 5.76 Å². The second kappa shape index (κ2) is 2.75. The molecule has 0 aliphatic heterocycles. The molecule has 0 saturated heterocycles. The van der Waals surface area contributed by atoms with Crippen molar-refractivity contribution >= 4 is 5.91 Å². The maximum absolute atomic E-state index is 10.9. The topological polar surface area (TPSA) is 68.3 Å². The fraction of sp³-hybridized carbons (Fsp3) is 0.286. The Kier molecular flexibility index (Phi) is 1.96. The van der Waals surface area contributed by atoms with E-state index in [-0.39, 0.29) is 5.76 Å². The number of nitrogens with two attached hydrogens (primary N) is 1. The van der Waals surface area contributed by atoms with Gasteiger partial charge >= 0.3 is 5.91 Å². The van der Waals surface area contributed by atoms with Crippen molar-refractivity contribution in [2.75, 3.05) is 0 Å². The van der Waals surface area contributed by atoms with Crippen molar-refractivity contribution in [3.63, 3.8) is 0 Å². The number of nitrogens with one attached hydrogen (secondary N) is 1. The molecule has 11 heavy (non-hydrogen) atoms. The zero-order valence-electron chi connectivity index (χ0n) is 6.47. The highest BCUT2D eigenvalue weighted by molar-refractivity contribution is 5.92. The van der Waals surface area contributed by atoms with Crippen molar-refractivity contribution < 1.29 is 9.21 Å². The van der Waals surface area contributed by atoms with E-state index < -0.39 is 5.91 Å². The van der Waals surface area contributed by atoms with Crippen molar-refractivity contribution in [2.24, 2.45) is 5.84 Å². The lowest BCUT2D eigenvalue weighted by atomic mass is 10.2. The van der Waals surface area contributed by atoms with Gasteiger partial charge in [0, 0.05) is 5.56 Å². The standard InChI is InChI=1S/C7H10N2O2/c1-4-3-5(2)11-6(4)7(10)9-8/h3H,8H2,1-2H3,(H,9,10). The summed E-state index contributed by atoms with van der Waals surface area (Å²) in [5.74, 6) is 5.52. The first-order valence-corrected chi connectivity index (χ1v) is 3.23. The van der Waals surface area contributed by atoms with Crippen molar-refractivity contribution in [2.45, 2.75) is 13.8 Å². The van der Waals surface area contributed by atoms with Gasteiger partial charge in [0.05, 0.1) is 0 Å². The molecule has 1 aromatic rings. The average molecular weight is 154 g/mol. The third-order valence-corrected chi connectivity index (χ3v) is 1.38. The molecule has 4 heteroatoms. The minimum atomic E-state index is -0.393. The van der Waals surface area contributed by atoms with Crippen LogP contribution < -0.4 is 11.3 Å². The number of hydrogen-bond donors (Lipinski definition) is 2. The van der Waals surface area contributed by atoms with Gasteiger partial charge in [-0.2, -0.15) is 0 Å². The quantitative estimate of drug-likeness (QED) is 0.351. The Labute approximate surface area is 64.3 Å². The Bertz CT molecular complexity index is 278. The minimum Gasteiger partial charge on any atom is -0.456 e. The van der Waals surface area contributed by atoms with Crippen LogP contribution in [0.2, 0.25) is 0 Å². The summed E-state index contributed by atoms with van der Waals surface area (Å²) in [6, 6.07) is 1.78. The summed E-state index contributed by atoms with van der Waals surface area (Å²) in [4.78, 5) is 10.9. The molecule has 0 radical (unpaired) electrons. The van der Waals surface area contributed by atoms with E-state index in [1.165, 1.54) is 0 Å². The molecule has 0 atom stereocenters. The van der Waals surface area contributed by atoms with Gasteiger partial charge < -0.3 is 4.42 Å². The molecule has 4 nitrogen and oxygen atoms in total. The molecule has 1 amide bonds. The third kappa shape index (κ3) is 1.40. The fourth-order valence-corrected chi connectivity index (χ4v) is 0.932. The number of furan rings is 1. The van der Waals surface area contributed by atoms with E-state index >= 15 is 0 Å². The monoisotopic (exact) mass is 154 g/mol. The van der Waals surface area contributed by atoms with E-state index in [2.05, 4.69) is 0 Å². The van der Waals surface area contributed by atoms with Gasteiger partial charge in [-0.15, -0.1) is 0 Å². The smallest absolute Gasteiger partial charge is 0.301 e. The maximum atomic E-state index is 10.9. The van der Waals surface area contributed by atoms with Crippen LogP contribution in [-0.4, -0.2) is 5.91 Å². The highest BCUT2D eigenvalue weighted by atomic mass is 16.3. The normalized spacial score (nSPS) is 9.73. The lowest BCUT2D eigenvalue weighted by Crippen LogP contribution is -2.30. The van der Waals surface area contributed by atoms with Crippen molar-refractivity contribution in [1.29, 1.82) is 0 Å². The van der Waals surface area contributed by atoms with Crippen LogP contribution in [0.25, 0.3) is 0 Å². The molecule has 0 aliphatic carbocycles. The average Bonchev–Trinajstić information content (AvgIpc) is 2.28. The van der Waals surface area contributed by atoms with Crippen LogP contribution in [0.15, 0.2) is 10.5 Å². The highest BCUT2D eigenvalue weighted by Gasteiger charge is 2.11. The van der Waals surface area contributed by atoms with Crippen molar-refractivity contribution in [3.05, 3.63) is 23.2 Å². The van der Waals surface area contributed by atoms with Gasteiger partial charge in [-0.1, -0.05) is 0 Å². The SMILES string of the molecule is Cc1cc(C)c(C(=O)NN)o1. The van der Waals surface area contributed by atoms with Crippen LogP contribution in [0, 0.1) is 13.8 Å². The molecule has 0 aliphatic rings. The molecule has 1 rings (SSSR count). The number of hydrogen-bond acceptors (Lipinski definition) is 3. The van der Waals surface area contributed by atoms with E-state index in [9.17, 15) is 4.79 Å². The zero-order valence-corrected chi connectivity index (χ0v) is 6.47. The number of nitrogen functional groups attached to an aromatic ring is 1. The first-order valence-electron chi connectivity index (χ1n) is 3.23. The van der Waals surface area contributed by atoms with E-state index in [4.69, 9.17) is 10.3 Å². The molecule has 3 N–H and O–H groups in total. The Hall–Kier alpha value is -1.29. The van der Waals surface area contributed by atoms with Gasteiger partial charge in [0.25, 0.3) is 0 Å². The molecule has 0 aromatic carbocycles. The van der Waals surface area contributed by atoms with E-state index in [0.717, 1.165) is 5.56 Å². The van der Waals surface area contributed by atoms with E-state index in [1.54, 1.807) is 19.9 Å². The molecular weight excluding hydrogens is 144 g/mol. The first-order chi connectivity index (χ1) is 5.15. The molecule has 0 spiro atoms. The predicted molar refractivity (Wildman–Crippen MR) is 39.8 cm³/mol. The third-order valence-electron chi connectivity index (χ3n) is 1.38. The first kappa shape index (κ1) is 7.81. The predicted octanol–water partition coefficient (Wildman–Crippen LogP) is 0.500. The van der Waals surface area contributed by atoms with Crippen LogP contribution in [0.4, 0.5) is 0 Å². The summed E-state index contributed by atoms with van der Waals surface area (Å²) >= 11 is 0. The van der Waals surface area contributed by atoms with Gasteiger partial charge in [-0.25, -0.2) is 5.84 Å². The molecule has 0 unspecified atom stereocenters. The summed E-state index contributed by atoms with van der Waals surface area (Å²) in [5, 5.41) is 0. The molecular formula is C7H10N2O2. The van der Waals surface area contributed by atoms with Crippen molar-refractivity contribution in [1.82, 2.24) is 5.43 Å². The molecule has 1 aromatic heterocycles. The number of carbonyl (C=O) groups excluding carboxylic acids is 1. The number of aryl methyl sites for hydroxylation is 2. The number of amides is 1. The second-order valence-corrected chi connectivity index (χ2v) is 2.34. The summed E-state index contributed by atoms with van der Waals surface area (Å²) in [5.41, 5.74) is 2.80. The van der Waals surface area contributed by atoms with Crippen LogP contribution in [0.5, 0.6) is 0 Å². The molecule has 0 fully saturated rings. The van der Waals surface area contributed by atoms with Gasteiger partial charge in [0.2, 0.25) is 0 Å². The summed E-state index contributed by atoms with van der Waals surface area (Å²) in [6.07, 6.45) is 0. The largest absolute Gasteiger partial charge is 0.456 e. The number of carbonyl (C=O) groups is 1. The van der Waals surface area contributed by atoms with Crippen LogP contribution >= 0.6 is 0 Å². The Morgan fingerprint density at radius 1 is 1.64 bits per heavy atom. The van der Waals surface area contributed by atoms with Gasteiger partial charge in [0.15, 0.2) is 5.76 Å². The molecule has 0 bridgehead atoms. The number of hydrazine groups is 1. The lowest BCUT2D eigenvalue weighted by molar-refractivity contribution is 0.0924. The van der Waals surface area contributed by atoms with Crippen LogP contribution in [0.1, 0.15) is 21.9 Å². The van der Waals surface area contributed by atoms with Gasteiger partial charge in [-0.05, 0) is 19.9 Å². The maximum Gasteiger partial charge on any atom is 0.301 e. The van der Waals surface area contributed by atoms with E-state index in [1.807, 2.05) is 5.43 Å². The van der Waals surface area contributed by atoms with Crippen molar-refractivity contribution in [3.8, 4) is 0 Å². The van der Waals surface area contributed by atoms with E-state index in [0.29, 0.717) is 5.76 Å². The van der Waals surface area contributed by atoms with Crippen LogP contribution in [-0.2, 0) is 0 Å². The Balaban J connectivity index is 3.03. The molecule has 0 saturated carbocycles. The lowest BCUT2D eigenvalue weighted by Gasteiger charge is -1.94. The summed E-state index contributed by atoms with van der Waals surface area (Å²) < 4.78 is 5.07. The second-order valence-electron chi connectivity index (χ2n) is 2.34. The summed E-state index contributed by atoms with van der Waals surface area (Å²) in [6.45, 7) is 3.57. The minimum absolute atomic E-state index is 0.282. The zero-order chi connectivity index (χ0) is 8.43. The molecule has 1 heterocycles. The molecule has 60 valence electrons. The Morgan fingerprint density at radius 2 is 2.27 bits per heavy atom.